The van der Waals surface area contributed by atoms with E-state index in [-0.39, 0.29) is 10.6 Å². The molecule has 0 aliphatic rings. The third kappa shape index (κ3) is 3.19. The summed E-state index contributed by atoms with van der Waals surface area (Å²) in [6.45, 7) is 0. The molecule has 1 rings (SSSR count). The van der Waals surface area contributed by atoms with Gasteiger partial charge in [0.15, 0.2) is 0 Å². The van der Waals surface area contributed by atoms with E-state index in [4.69, 9.17) is 18.0 Å². The first-order chi connectivity index (χ1) is 7.56. The third-order valence-corrected chi connectivity index (χ3v) is 2.49. The number of unbranched alkanes of at least 4 members (excludes halogenated alkanes) is 1. The van der Waals surface area contributed by atoms with Crippen LogP contribution in [0.15, 0.2) is 12.1 Å². The molecule has 0 bridgehead atoms. The Hall–Kier alpha value is -1.11. The lowest BCUT2D eigenvalue weighted by molar-refractivity contribution is 0.160. The molecule has 16 heavy (non-hydrogen) atoms. The van der Waals surface area contributed by atoms with E-state index in [9.17, 15) is 13.9 Å². The van der Waals surface area contributed by atoms with Gasteiger partial charge in [-0.15, -0.1) is 12.3 Å². The molecular formula is C12H11ClF2O. The lowest BCUT2D eigenvalue weighted by Crippen LogP contribution is -2.02. The minimum absolute atomic E-state index is 0.0843. The zero-order valence-electron chi connectivity index (χ0n) is 8.51. The van der Waals surface area contributed by atoms with Crippen LogP contribution >= 0.6 is 11.6 Å². The van der Waals surface area contributed by atoms with Crippen LogP contribution in [0.2, 0.25) is 5.02 Å². The monoisotopic (exact) mass is 244 g/mol. The van der Waals surface area contributed by atoms with Gasteiger partial charge in [0.05, 0.1) is 11.1 Å². The van der Waals surface area contributed by atoms with Crippen molar-refractivity contribution < 1.29 is 13.9 Å². The molecule has 1 aromatic rings. The van der Waals surface area contributed by atoms with E-state index >= 15 is 0 Å². The highest BCUT2D eigenvalue weighted by atomic mass is 35.5. The van der Waals surface area contributed by atoms with Crippen molar-refractivity contribution in [1.29, 1.82) is 0 Å². The molecule has 0 saturated heterocycles. The van der Waals surface area contributed by atoms with Gasteiger partial charge in [0.1, 0.15) is 11.6 Å². The fourth-order valence-corrected chi connectivity index (χ4v) is 1.50. The predicted molar refractivity (Wildman–Crippen MR) is 59.0 cm³/mol. The Morgan fingerprint density at radius 2 is 2.06 bits per heavy atom. The van der Waals surface area contributed by atoms with E-state index in [0.29, 0.717) is 19.3 Å². The fourth-order valence-electron chi connectivity index (χ4n) is 1.35. The molecule has 1 N–H and O–H groups in total. The van der Waals surface area contributed by atoms with E-state index in [1.165, 1.54) is 0 Å². The maximum atomic E-state index is 13.3. The highest BCUT2D eigenvalue weighted by Crippen LogP contribution is 2.26. The van der Waals surface area contributed by atoms with Crippen LogP contribution in [0.4, 0.5) is 8.78 Å². The highest BCUT2D eigenvalue weighted by molar-refractivity contribution is 6.30. The van der Waals surface area contributed by atoms with Crippen LogP contribution in [0, 0.1) is 24.0 Å². The molecule has 1 unspecified atom stereocenters. The fraction of sp³-hybridized carbons (Fsp3) is 0.333. The molecule has 0 aromatic heterocycles. The first-order valence-electron chi connectivity index (χ1n) is 4.82. The summed E-state index contributed by atoms with van der Waals surface area (Å²) in [6, 6.07) is 1.77. The molecule has 0 radical (unpaired) electrons. The topological polar surface area (TPSA) is 20.2 Å². The third-order valence-electron chi connectivity index (χ3n) is 2.20. The van der Waals surface area contributed by atoms with Crippen molar-refractivity contribution in [2.75, 3.05) is 0 Å². The number of halogens is 3. The number of benzene rings is 1. The van der Waals surface area contributed by atoms with Gasteiger partial charge in [-0.3, -0.25) is 0 Å². The minimum Gasteiger partial charge on any atom is -0.388 e. The first-order valence-corrected chi connectivity index (χ1v) is 5.20. The average Bonchev–Trinajstić information content (AvgIpc) is 2.23. The normalized spacial score (nSPS) is 12.2. The molecule has 0 spiro atoms. The predicted octanol–water partition coefficient (Wildman–Crippen LogP) is 3.46. The van der Waals surface area contributed by atoms with Crippen LogP contribution in [-0.4, -0.2) is 5.11 Å². The smallest absolute Gasteiger partial charge is 0.142 e. The molecule has 86 valence electrons. The van der Waals surface area contributed by atoms with Crippen LogP contribution in [0.1, 0.15) is 30.9 Å². The summed E-state index contributed by atoms with van der Waals surface area (Å²) in [6.07, 6.45) is 5.33. The minimum atomic E-state index is -1.06. The summed E-state index contributed by atoms with van der Waals surface area (Å²) < 4.78 is 26.4. The number of hydrogen-bond acceptors (Lipinski definition) is 1. The maximum Gasteiger partial charge on any atom is 0.142 e. The van der Waals surface area contributed by atoms with Gasteiger partial charge in [0.25, 0.3) is 0 Å². The second-order valence-electron chi connectivity index (χ2n) is 3.40. The Labute approximate surface area is 98.0 Å². The van der Waals surface area contributed by atoms with Crippen molar-refractivity contribution in [1.82, 2.24) is 0 Å². The Morgan fingerprint density at radius 1 is 1.38 bits per heavy atom. The van der Waals surface area contributed by atoms with Crippen LogP contribution in [-0.2, 0) is 0 Å². The van der Waals surface area contributed by atoms with E-state index in [0.717, 1.165) is 12.1 Å². The number of terminal acetylenes is 1. The van der Waals surface area contributed by atoms with Gasteiger partial charge in [0, 0.05) is 12.0 Å². The molecule has 0 saturated carbocycles. The summed E-state index contributed by atoms with van der Waals surface area (Å²) >= 11 is 5.39. The molecular weight excluding hydrogens is 234 g/mol. The summed E-state index contributed by atoms with van der Waals surface area (Å²) in [5, 5.41) is 9.33. The molecule has 0 fully saturated rings. The van der Waals surface area contributed by atoms with E-state index in [1.807, 2.05) is 0 Å². The molecule has 0 aliphatic heterocycles. The zero-order chi connectivity index (χ0) is 12.1. The van der Waals surface area contributed by atoms with Crippen LogP contribution in [0.25, 0.3) is 0 Å². The van der Waals surface area contributed by atoms with Gasteiger partial charge >= 0.3 is 0 Å². The molecule has 1 aromatic carbocycles. The SMILES string of the molecule is C#CCCCC(O)c1cc(F)c(Cl)cc1F. The van der Waals surface area contributed by atoms with Gasteiger partial charge in [-0.25, -0.2) is 8.78 Å². The van der Waals surface area contributed by atoms with E-state index < -0.39 is 17.7 Å². The van der Waals surface area contributed by atoms with Crippen LogP contribution < -0.4 is 0 Å². The molecule has 1 atom stereocenters. The lowest BCUT2D eigenvalue weighted by Gasteiger charge is -2.11. The summed E-state index contributed by atoms with van der Waals surface area (Å²) in [5.41, 5.74) is -0.0843. The van der Waals surface area contributed by atoms with Gasteiger partial charge in [-0.05, 0) is 25.0 Å². The van der Waals surface area contributed by atoms with Crippen molar-refractivity contribution in [3.05, 3.63) is 34.4 Å². The Kier molecular flexibility index (Phi) is 4.72. The largest absolute Gasteiger partial charge is 0.388 e. The van der Waals surface area contributed by atoms with Crippen molar-refractivity contribution in [2.24, 2.45) is 0 Å². The van der Waals surface area contributed by atoms with Crippen molar-refractivity contribution in [3.63, 3.8) is 0 Å². The molecule has 0 heterocycles. The van der Waals surface area contributed by atoms with Crippen LogP contribution in [0.3, 0.4) is 0 Å². The Morgan fingerprint density at radius 3 is 2.69 bits per heavy atom. The van der Waals surface area contributed by atoms with Gasteiger partial charge in [-0.2, -0.15) is 0 Å². The van der Waals surface area contributed by atoms with E-state index in [1.54, 1.807) is 0 Å². The van der Waals surface area contributed by atoms with E-state index in [2.05, 4.69) is 5.92 Å². The number of aliphatic hydroxyl groups is 1. The maximum absolute atomic E-state index is 13.3. The van der Waals surface area contributed by atoms with Gasteiger partial charge in [0.2, 0.25) is 0 Å². The number of hydrogen-bond donors (Lipinski definition) is 1. The second kappa shape index (κ2) is 5.83. The van der Waals surface area contributed by atoms with Crippen LogP contribution in [0.5, 0.6) is 0 Å². The average molecular weight is 245 g/mol. The Bertz CT molecular complexity index is 412. The summed E-state index contributed by atoms with van der Waals surface area (Å²) in [4.78, 5) is 0. The molecule has 0 aliphatic carbocycles. The first kappa shape index (κ1) is 13.0. The number of rotatable bonds is 4. The number of aliphatic hydroxyl groups excluding tert-OH is 1. The Balaban J connectivity index is 2.79. The summed E-state index contributed by atoms with van der Waals surface area (Å²) in [7, 11) is 0. The van der Waals surface area contributed by atoms with Crippen molar-refractivity contribution >= 4 is 11.6 Å². The van der Waals surface area contributed by atoms with Gasteiger partial charge < -0.3 is 5.11 Å². The molecule has 4 heteroatoms. The van der Waals surface area contributed by atoms with Crippen molar-refractivity contribution in [3.8, 4) is 12.3 Å². The summed E-state index contributed by atoms with van der Waals surface area (Å²) in [5.74, 6) is 0.959. The zero-order valence-corrected chi connectivity index (χ0v) is 9.27. The standard InChI is InChI=1S/C12H11ClF2O/c1-2-3-4-5-12(16)8-6-11(15)9(13)7-10(8)14/h1,6-7,12,16H,3-5H2. The lowest BCUT2D eigenvalue weighted by atomic mass is 10.0. The molecule has 0 amide bonds. The van der Waals surface area contributed by atoms with Gasteiger partial charge in [-0.1, -0.05) is 11.6 Å². The van der Waals surface area contributed by atoms with Crippen molar-refractivity contribution in [2.45, 2.75) is 25.4 Å². The highest BCUT2D eigenvalue weighted by Gasteiger charge is 2.15. The molecule has 1 nitrogen and oxygen atoms in total. The quantitative estimate of drug-likeness (QED) is 0.489. The second-order valence-corrected chi connectivity index (χ2v) is 3.81.